The number of nitrogen functional groups attached to an aromatic ring is 1. The molecule has 0 aliphatic heterocycles. The fourth-order valence-corrected chi connectivity index (χ4v) is 5.05. The second-order valence-electron chi connectivity index (χ2n) is 7.96. The molecule has 1 amide bonds. The van der Waals surface area contributed by atoms with Gasteiger partial charge in [-0.2, -0.15) is 13.2 Å². The molecule has 180 valence electrons. The summed E-state index contributed by atoms with van der Waals surface area (Å²) in [5.74, 6) is -0.669. The molecule has 0 bridgehead atoms. The van der Waals surface area contributed by atoms with Gasteiger partial charge in [0, 0.05) is 10.9 Å². The van der Waals surface area contributed by atoms with E-state index in [9.17, 15) is 18.0 Å². The first-order chi connectivity index (χ1) is 17.2. The van der Waals surface area contributed by atoms with E-state index < -0.39 is 17.6 Å². The van der Waals surface area contributed by atoms with Crippen molar-refractivity contribution in [3.05, 3.63) is 100 Å². The van der Waals surface area contributed by atoms with Crippen LogP contribution >= 0.6 is 22.9 Å². The number of hydrogen-bond acceptors (Lipinski definition) is 4. The second kappa shape index (κ2) is 9.29. The number of aromatic nitrogens is 1. The molecule has 9 heteroatoms. The minimum atomic E-state index is -4.58. The Morgan fingerprint density at radius 2 is 1.56 bits per heavy atom. The number of carbonyl (C=O) groups excluding carboxylic acids is 1. The van der Waals surface area contributed by atoms with E-state index in [-0.39, 0.29) is 21.3 Å². The monoisotopic (exact) mass is 523 g/mol. The van der Waals surface area contributed by atoms with Gasteiger partial charge in [-0.15, -0.1) is 11.3 Å². The lowest BCUT2D eigenvalue weighted by molar-refractivity contribution is -0.137. The lowest BCUT2D eigenvalue weighted by Crippen LogP contribution is -2.13. The molecule has 0 saturated carbocycles. The van der Waals surface area contributed by atoms with Gasteiger partial charge in [0.15, 0.2) is 0 Å². The maximum atomic E-state index is 13.2. The molecule has 0 spiro atoms. The summed E-state index contributed by atoms with van der Waals surface area (Å²) < 4.78 is 39.5. The summed E-state index contributed by atoms with van der Waals surface area (Å²) >= 11 is 7.14. The summed E-state index contributed by atoms with van der Waals surface area (Å²) in [6, 6.07) is 23.8. The zero-order valence-electron chi connectivity index (χ0n) is 18.4. The highest BCUT2D eigenvalue weighted by atomic mass is 35.5. The molecule has 0 unspecified atom stereocenters. The molecule has 3 aromatic carbocycles. The fourth-order valence-electron chi connectivity index (χ4n) is 3.87. The van der Waals surface area contributed by atoms with Crippen LogP contribution in [0.4, 0.5) is 24.5 Å². The van der Waals surface area contributed by atoms with Crippen molar-refractivity contribution in [2.45, 2.75) is 6.18 Å². The number of halogens is 4. The molecule has 2 aromatic heterocycles. The number of rotatable bonds is 4. The highest BCUT2D eigenvalue weighted by Gasteiger charge is 2.31. The Kier molecular flexibility index (Phi) is 6.15. The van der Waals surface area contributed by atoms with Crippen LogP contribution in [0.2, 0.25) is 5.02 Å². The number of nitrogens with two attached hydrogens (primary N) is 1. The number of anilines is 2. The number of pyridine rings is 1. The van der Waals surface area contributed by atoms with Crippen molar-refractivity contribution >= 4 is 50.4 Å². The fraction of sp³-hybridized carbons (Fsp3) is 0.0370. The summed E-state index contributed by atoms with van der Waals surface area (Å²) in [5.41, 5.74) is 8.85. The van der Waals surface area contributed by atoms with Crippen molar-refractivity contribution in [1.82, 2.24) is 4.98 Å². The van der Waals surface area contributed by atoms with Gasteiger partial charge in [-0.05, 0) is 35.4 Å². The lowest BCUT2D eigenvalue weighted by Gasteiger charge is -2.11. The highest BCUT2D eigenvalue weighted by molar-refractivity contribution is 7.21. The minimum Gasteiger partial charge on any atom is -0.397 e. The summed E-state index contributed by atoms with van der Waals surface area (Å²) in [6.07, 6.45) is -4.58. The van der Waals surface area contributed by atoms with Gasteiger partial charge in [-0.25, -0.2) is 4.98 Å². The minimum absolute atomic E-state index is 0.0227. The highest BCUT2D eigenvalue weighted by Crippen LogP contribution is 2.42. The Morgan fingerprint density at radius 3 is 2.19 bits per heavy atom. The molecule has 5 rings (SSSR count). The predicted molar refractivity (Wildman–Crippen MR) is 139 cm³/mol. The van der Waals surface area contributed by atoms with Crippen LogP contribution in [-0.2, 0) is 6.18 Å². The molecule has 3 N–H and O–H groups in total. The van der Waals surface area contributed by atoms with E-state index in [4.69, 9.17) is 22.3 Å². The van der Waals surface area contributed by atoms with Crippen molar-refractivity contribution in [3.63, 3.8) is 0 Å². The Hall–Kier alpha value is -3.88. The third kappa shape index (κ3) is 4.53. The molecule has 0 saturated heterocycles. The van der Waals surface area contributed by atoms with E-state index in [1.54, 1.807) is 0 Å². The number of carbonyl (C=O) groups is 1. The number of hydrogen-bond donors (Lipinski definition) is 2. The summed E-state index contributed by atoms with van der Waals surface area (Å²) in [6.45, 7) is 0. The number of alkyl halides is 3. The Morgan fingerprint density at radius 1 is 0.917 bits per heavy atom. The molecule has 0 fully saturated rings. The molecular formula is C27H17ClF3N3OS. The smallest absolute Gasteiger partial charge is 0.397 e. The SMILES string of the molecule is Nc1c(C(=O)Nc2cc(C(F)(F)F)ccc2Cl)sc2nc(-c3ccccc3)cc(-c3ccccc3)c12. The Labute approximate surface area is 213 Å². The van der Waals surface area contributed by atoms with Crippen LogP contribution in [0.5, 0.6) is 0 Å². The van der Waals surface area contributed by atoms with Crippen LogP contribution in [0.1, 0.15) is 15.2 Å². The zero-order valence-corrected chi connectivity index (χ0v) is 20.0. The van der Waals surface area contributed by atoms with Crippen LogP contribution in [-0.4, -0.2) is 10.9 Å². The van der Waals surface area contributed by atoms with Gasteiger partial charge in [0.2, 0.25) is 0 Å². The van der Waals surface area contributed by atoms with E-state index in [1.165, 1.54) is 0 Å². The molecule has 0 aliphatic carbocycles. The lowest BCUT2D eigenvalue weighted by atomic mass is 9.99. The van der Waals surface area contributed by atoms with Crippen molar-refractivity contribution in [2.24, 2.45) is 0 Å². The first kappa shape index (κ1) is 23.8. The maximum absolute atomic E-state index is 13.2. The van der Waals surface area contributed by atoms with Gasteiger partial charge in [0.25, 0.3) is 5.91 Å². The number of fused-ring (bicyclic) bond motifs is 1. The second-order valence-corrected chi connectivity index (χ2v) is 9.36. The first-order valence-electron chi connectivity index (χ1n) is 10.7. The van der Waals surface area contributed by atoms with E-state index in [0.29, 0.717) is 15.9 Å². The molecule has 4 nitrogen and oxygen atoms in total. The van der Waals surface area contributed by atoms with Crippen molar-refractivity contribution in [3.8, 4) is 22.4 Å². The summed E-state index contributed by atoms with van der Waals surface area (Å²) in [7, 11) is 0. The van der Waals surface area contributed by atoms with E-state index in [1.807, 2.05) is 66.7 Å². The van der Waals surface area contributed by atoms with E-state index in [0.717, 1.165) is 46.2 Å². The van der Waals surface area contributed by atoms with Crippen LogP contribution < -0.4 is 11.1 Å². The number of benzene rings is 3. The number of amides is 1. The van der Waals surface area contributed by atoms with E-state index in [2.05, 4.69) is 5.32 Å². The first-order valence-corrected chi connectivity index (χ1v) is 11.9. The average molecular weight is 524 g/mol. The van der Waals surface area contributed by atoms with Gasteiger partial charge in [-0.1, -0.05) is 72.3 Å². The largest absolute Gasteiger partial charge is 0.416 e. The van der Waals surface area contributed by atoms with Gasteiger partial charge >= 0.3 is 6.18 Å². The number of thiophene rings is 1. The van der Waals surface area contributed by atoms with E-state index >= 15 is 0 Å². The maximum Gasteiger partial charge on any atom is 0.416 e. The molecule has 0 radical (unpaired) electrons. The average Bonchev–Trinajstić information content (AvgIpc) is 3.21. The van der Waals surface area contributed by atoms with Crippen molar-refractivity contribution in [1.29, 1.82) is 0 Å². The van der Waals surface area contributed by atoms with Gasteiger partial charge in [-0.3, -0.25) is 4.79 Å². The Balaban J connectivity index is 1.63. The summed E-state index contributed by atoms with van der Waals surface area (Å²) in [5, 5.41) is 3.06. The van der Waals surface area contributed by atoms with Crippen molar-refractivity contribution in [2.75, 3.05) is 11.1 Å². The zero-order chi connectivity index (χ0) is 25.4. The number of nitrogens with one attached hydrogen (secondary N) is 1. The quantitative estimate of drug-likeness (QED) is 0.250. The van der Waals surface area contributed by atoms with Crippen LogP contribution in [0.25, 0.3) is 32.6 Å². The molecule has 0 aliphatic rings. The van der Waals surface area contributed by atoms with Gasteiger partial charge in [0.1, 0.15) is 9.71 Å². The third-order valence-corrected chi connectivity index (χ3v) is 7.03. The molecular weight excluding hydrogens is 507 g/mol. The van der Waals surface area contributed by atoms with Gasteiger partial charge in [0.05, 0.1) is 27.7 Å². The molecule has 2 heterocycles. The Bertz CT molecular complexity index is 1590. The molecule has 36 heavy (non-hydrogen) atoms. The summed E-state index contributed by atoms with van der Waals surface area (Å²) in [4.78, 5) is 18.6. The molecule has 0 atom stereocenters. The predicted octanol–water partition coefficient (Wildman–Crippen LogP) is 8.14. The van der Waals surface area contributed by atoms with Crippen LogP contribution in [0.15, 0.2) is 84.9 Å². The van der Waals surface area contributed by atoms with Gasteiger partial charge < -0.3 is 11.1 Å². The number of nitrogens with zero attached hydrogens (tertiary/aromatic N) is 1. The third-order valence-electron chi connectivity index (χ3n) is 5.60. The van der Waals surface area contributed by atoms with Crippen LogP contribution in [0.3, 0.4) is 0 Å². The molecule has 5 aromatic rings. The standard InChI is InChI=1S/C27H17ClF3N3OS/c28-19-12-11-17(27(29,30)31)13-21(19)33-25(35)24-23(32)22-18(15-7-3-1-4-8-15)14-20(34-26(22)36-24)16-9-5-2-6-10-16/h1-14H,32H2,(H,33,35). The van der Waals surface area contributed by atoms with Crippen molar-refractivity contribution < 1.29 is 18.0 Å². The topological polar surface area (TPSA) is 68.0 Å². The van der Waals surface area contributed by atoms with Crippen LogP contribution in [0, 0.1) is 0 Å². The normalized spacial score (nSPS) is 11.6.